The molecule has 2 fully saturated rings. The molecule has 11 heavy (non-hydrogen) atoms. The fourth-order valence-corrected chi connectivity index (χ4v) is 2.96. The van der Waals surface area contributed by atoms with Gasteiger partial charge in [0.15, 0.2) is 0 Å². The lowest BCUT2D eigenvalue weighted by molar-refractivity contribution is -0.00433. The molecule has 1 saturated heterocycles. The smallest absolute Gasteiger partial charge is 0.0556 e. The van der Waals surface area contributed by atoms with Crippen LogP contribution in [-0.4, -0.2) is 24.7 Å². The summed E-state index contributed by atoms with van der Waals surface area (Å²) in [5.41, 5.74) is 0.632. The standard InChI is InChI=1S/C9H16OS/c1-2-9(3-1)4-6-11-7-5-10-8-9/h1-8H2. The molecule has 2 aliphatic rings. The Morgan fingerprint density at radius 2 is 2.00 bits per heavy atom. The van der Waals surface area contributed by atoms with E-state index >= 15 is 0 Å². The summed E-state index contributed by atoms with van der Waals surface area (Å²) in [6.45, 7) is 2.03. The molecule has 1 spiro atoms. The molecule has 1 heterocycles. The maximum Gasteiger partial charge on any atom is 0.0556 e. The summed E-state index contributed by atoms with van der Waals surface area (Å²) < 4.78 is 5.61. The highest BCUT2D eigenvalue weighted by atomic mass is 32.2. The average molecular weight is 172 g/mol. The maximum absolute atomic E-state index is 5.61. The van der Waals surface area contributed by atoms with Crippen molar-refractivity contribution < 1.29 is 4.74 Å². The molecule has 0 atom stereocenters. The van der Waals surface area contributed by atoms with Crippen LogP contribution in [0.1, 0.15) is 25.7 Å². The van der Waals surface area contributed by atoms with Crippen LogP contribution in [0.5, 0.6) is 0 Å². The van der Waals surface area contributed by atoms with E-state index in [1.54, 1.807) is 0 Å². The highest BCUT2D eigenvalue weighted by molar-refractivity contribution is 7.99. The third-order valence-corrected chi connectivity index (χ3v) is 3.92. The van der Waals surface area contributed by atoms with Gasteiger partial charge in [-0.15, -0.1) is 0 Å². The van der Waals surface area contributed by atoms with E-state index in [1.165, 1.54) is 37.2 Å². The second kappa shape index (κ2) is 3.36. The Labute approximate surface area is 72.9 Å². The molecule has 1 aliphatic carbocycles. The van der Waals surface area contributed by atoms with Gasteiger partial charge in [-0.2, -0.15) is 11.8 Å². The van der Waals surface area contributed by atoms with Crippen LogP contribution in [0, 0.1) is 5.41 Å². The van der Waals surface area contributed by atoms with E-state index in [1.807, 2.05) is 0 Å². The van der Waals surface area contributed by atoms with Gasteiger partial charge in [-0.05, 0) is 30.4 Å². The Balaban J connectivity index is 1.86. The van der Waals surface area contributed by atoms with Crippen LogP contribution in [0.3, 0.4) is 0 Å². The first-order valence-electron chi connectivity index (χ1n) is 4.57. The minimum Gasteiger partial charge on any atom is -0.380 e. The van der Waals surface area contributed by atoms with Gasteiger partial charge < -0.3 is 4.74 Å². The molecule has 0 amide bonds. The third kappa shape index (κ3) is 1.73. The molecule has 2 heteroatoms. The Hall–Kier alpha value is 0.310. The van der Waals surface area contributed by atoms with E-state index in [4.69, 9.17) is 4.74 Å². The molecule has 0 bridgehead atoms. The average Bonchev–Trinajstić information content (AvgIpc) is 1.82. The highest BCUT2D eigenvalue weighted by Crippen LogP contribution is 2.45. The zero-order chi connectivity index (χ0) is 7.57. The number of rotatable bonds is 0. The van der Waals surface area contributed by atoms with Crippen LogP contribution in [-0.2, 0) is 4.74 Å². The summed E-state index contributed by atoms with van der Waals surface area (Å²) in [5, 5.41) is 0. The van der Waals surface area contributed by atoms with Crippen molar-refractivity contribution in [1.82, 2.24) is 0 Å². The Morgan fingerprint density at radius 1 is 1.09 bits per heavy atom. The van der Waals surface area contributed by atoms with E-state index in [0.29, 0.717) is 5.41 Å². The van der Waals surface area contributed by atoms with Gasteiger partial charge in [0, 0.05) is 5.75 Å². The van der Waals surface area contributed by atoms with E-state index in [0.717, 1.165) is 13.2 Å². The highest BCUT2D eigenvalue weighted by Gasteiger charge is 2.36. The van der Waals surface area contributed by atoms with E-state index in [9.17, 15) is 0 Å². The summed E-state index contributed by atoms with van der Waals surface area (Å²) in [6.07, 6.45) is 5.69. The maximum atomic E-state index is 5.61. The van der Waals surface area contributed by atoms with Gasteiger partial charge in [-0.3, -0.25) is 0 Å². The predicted octanol–water partition coefficient (Wildman–Crippen LogP) is 2.31. The topological polar surface area (TPSA) is 9.23 Å². The van der Waals surface area contributed by atoms with Crippen molar-refractivity contribution in [1.29, 1.82) is 0 Å². The second-order valence-corrected chi connectivity index (χ2v) is 4.99. The molecule has 0 aromatic carbocycles. The van der Waals surface area contributed by atoms with Crippen LogP contribution in [0.25, 0.3) is 0 Å². The SMILES string of the molecule is C1CC2(C1)CCSCCOC2. The number of hydrogen-bond donors (Lipinski definition) is 0. The van der Waals surface area contributed by atoms with Crippen LogP contribution < -0.4 is 0 Å². The van der Waals surface area contributed by atoms with Crippen molar-refractivity contribution in [2.24, 2.45) is 5.41 Å². The van der Waals surface area contributed by atoms with Crippen molar-refractivity contribution in [3.8, 4) is 0 Å². The fourth-order valence-electron chi connectivity index (χ4n) is 1.94. The minimum absolute atomic E-state index is 0.632. The molecular formula is C9H16OS. The lowest BCUT2D eigenvalue weighted by atomic mass is 9.67. The molecule has 2 rings (SSSR count). The molecule has 1 nitrogen and oxygen atoms in total. The van der Waals surface area contributed by atoms with Gasteiger partial charge in [-0.1, -0.05) is 6.42 Å². The first-order valence-corrected chi connectivity index (χ1v) is 5.72. The molecule has 1 aliphatic heterocycles. The quantitative estimate of drug-likeness (QED) is 0.554. The Kier molecular flexibility index (Phi) is 2.42. The first kappa shape index (κ1) is 7.93. The number of hydrogen-bond acceptors (Lipinski definition) is 2. The minimum atomic E-state index is 0.632. The van der Waals surface area contributed by atoms with Gasteiger partial charge in [-0.25, -0.2) is 0 Å². The first-order chi connectivity index (χ1) is 5.41. The van der Waals surface area contributed by atoms with Gasteiger partial charge in [0.25, 0.3) is 0 Å². The molecular weight excluding hydrogens is 156 g/mol. The van der Waals surface area contributed by atoms with E-state index in [-0.39, 0.29) is 0 Å². The molecule has 0 radical (unpaired) electrons. The molecule has 0 aromatic rings. The van der Waals surface area contributed by atoms with E-state index < -0.39 is 0 Å². The molecule has 0 aromatic heterocycles. The summed E-state index contributed by atoms with van der Waals surface area (Å²) in [5.74, 6) is 2.57. The summed E-state index contributed by atoms with van der Waals surface area (Å²) in [4.78, 5) is 0. The molecule has 0 unspecified atom stereocenters. The van der Waals surface area contributed by atoms with Crippen molar-refractivity contribution >= 4 is 11.8 Å². The van der Waals surface area contributed by atoms with Gasteiger partial charge in [0.05, 0.1) is 13.2 Å². The summed E-state index contributed by atoms with van der Waals surface area (Å²) in [6, 6.07) is 0. The fraction of sp³-hybridized carbons (Fsp3) is 1.00. The van der Waals surface area contributed by atoms with Crippen molar-refractivity contribution in [2.75, 3.05) is 24.7 Å². The second-order valence-electron chi connectivity index (χ2n) is 3.77. The molecule has 1 saturated carbocycles. The summed E-state index contributed by atoms with van der Waals surface area (Å²) in [7, 11) is 0. The van der Waals surface area contributed by atoms with Crippen LogP contribution in [0.4, 0.5) is 0 Å². The zero-order valence-electron chi connectivity index (χ0n) is 6.97. The lowest BCUT2D eigenvalue weighted by Gasteiger charge is -2.42. The normalized spacial score (nSPS) is 30.5. The Morgan fingerprint density at radius 3 is 2.73 bits per heavy atom. The third-order valence-electron chi connectivity index (χ3n) is 2.97. The van der Waals surface area contributed by atoms with Crippen LogP contribution >= 0.6 is 11.8 Å². The van der Waals surface area contributed by atoms with Gasteiger partial charge >= 0.3 is 0 Å². The zero-order valence-corrected chi connectivity index (χ0v) is 7.79. The Bertz CT molecular complexity index is 122. The largest absolute Gasteiger partial charge is 0.380 e. The van der Waals surface area contributed by atoms with Gasteiger partial charge in [0.2, 0.25) is 0 Å². The monoisotopic (exact) mass is 172 g/mol. The van der Waals surface area contributed by atoms with Gasteiger partial charge in [0.1, 0.15) is 0 Å². The van der Waals surface area contributed by atoms with Crippen LogP contribution in [0.2, 0.25) is 0 Å². The molecule has 0 N–H and O–H groups in total. The number of ether oxygens (including phenoxy) is 1. The van der Waals surface area contributed by atoms with E-state index in [2.05, 4.69) is 11.8 Å². The lowest BCUT2D eigenvalue weighted by Crippen LogP contribution is -2.36. The van der Waals surface area contributed by atoms with Crippen molar-refractivity contribution in [3.63, 3.8) is 0 Å². The van der Waals surface area contributed by atoms with Crippen molar-refractivity contribution in [3.05, 3.63) is 0 Å². The predicted molar refractivity (Wildman–Crippen MR) is 49.0 cm³/mol. The van der Waals surface area contributed by atoms with Crippen molar-refractivity contribution in [2.45, 2.75) is 25.7 Å². The van der Waals surface area contributed by atoms with Crippen LogP contribution in [0.15, 0.2) is 0 Å². The number of thioether (sulfide) groups is 1. The summed E-state index contributed by atoms with van der Waals surface area (Å²) >= 11 is 2.06. The molecule has 64 valence electrons.